The van der Waals surface area contributed by atoms with Crippen LogP contribution in [-0.2, 0) is 30.7 Å². The molecule has 6 nitrogen and oxygen atoms in total. The molecule has 0 radical (unpaired) electrons. The van der Waals surface area contributed by atoms with Crippen LogP contribution in [-0.4, -0.2) is 65.6 Å². The highest BCUT2D eigenvalue weighted by Gasteiger charge is 2.40. The number of carbonyl (C=O) groups excluding carboxylic acids is 1. The Balaban J connectivity index is 1.13. The molecule has 1 saturated carbocycles. The van der Waals surface area contributed by atoms with Gasteiger partial charge in [0.15, 0.2) is 0 Å². The van der Waals surface area contributed by atoms with E-state index in [-0.39, 0.29) is 11.5 Å². The second-order valence-corrected chi connectivity index (χ2v) is 10.6. The van der Waals surface area contributed by atoms with Gasteiger partial charge >= 0.3 is 0 Å². The molecular formula is C27H34N4O2. The monoisotopic (exact) mass is 446 g/mol. The number of anilines is 1. The van der Waals surface area contributed by atoms with Crippen molar-refractivity contribution in [3.05, 3.63) is 58.3 Å². The van der Waals surface area contributed by atoms with E-state index in [9.17, 15) is 4.79 Å². The molecule has 0 bridgehead atoms. The molecule has 4 heterocycles. The second kappa shape index (κ2) is 8.10. The van der Waals surface area contributed by atoms with E-state index in [0.717, 1.165) is 48.9 Å². The largest absolute Gasteiger partial charge is 0.375 e. The molecule has 174 valence electrons. The number of methoxy groups -OCH3 is 1. The lowest BCUT2D eigenvalue weighted by Gasteiger charge is -2.47. The molecule has 1 amide bonds. The van der Waals surface area contributed by atoms with Gasteiger partial charge in [0, 0.05) is 58.6 Å². The number of aromatic nitrogens is 1. The van der Waals surface area contributed by atoms with E-state index >= 15 is 0 Å². The fraction of sp³-hybridized carbons (Fsp3) is 0.556. The smallest absolute Gasteiger partial charge is 0.256 e. The molecule has 0 N–H and O–H groups in total. The van der Waals surface area contributed by atoms with Gasteiger partial charge in [-0.25, -0.2) is 4.98 Å². The molecule has 3 aliphatic heterocycles. The Morgan fingerprint density at radius 1 is 1.09 bits per heavy atom. The van der Waals surface area contributed by atoms with Gasteiger partial charge < -0.3 is 14.5 Å². The Morgan fingerprint density at radius 3 is 2.61 bits per heavy atom. The van der Waals surface area contributed by atoms with Crippen LogP contribution in [0.5, 0.6) is 0 Å². The summed E-state index contributed by atoms with van der Waals surface area (Å²) in [6.45, 7) is 7.46. The Kier molecular flexibility index (Phi) is 5.18. The Morgan fingerprint density at radius 2 is 1.88 bits per heavy atom. The topological polar surface area (TPSA) is 48.9 Å². The molecule has 0 spiro atoms. The van der Waals surface area contributed by atoms with Gasteiger partial charge in [-0.1, -0.05) is 24.6 Å². The van der Waals surface area contributed by atoms with Crippen molar-refractivity contribution in [3.63, 3.8) is 0 Å². The molecule has 1 aliphatic carbocycles. The summed E-state index contributed by atoms with van der Waals surface area (Å²) in [6.07, 6.45) is 8.18. The van der Waals surface area contributed by atoms with Crippen molar-refractivity contribution in [2.24, 2.45) is 0 Å². The van der Waals surface area contributed by atoms with Crippen LogP contribution in [0, 0.1) is 0 Å². The molecule has 0 atom stereocenters. The highest BCUT2D eigenvalue weighted by Crippen LogP contribution is 2.33. The van der Waals surface area contributed by atoms with Crippen LogP contribution in [0.25, 0.3) is 0 Å². The third-order valence-electron chi connectivity index (χ3n) is 8.29. The predicted molar refractivity (Wildman–Crippen MR) is 129 cm³/mol. The number of ether oxygens (including phenoxy) is 1. The lowest BCUT2D eigenvalue weighted by molar-refractivity contribution is -0.0171. The summed E-state index contributed by atoms with van der Waals surface area (Å²) in [7, 11) is 1.76. The molecule has 33 heavy (non-hydrogen) atoms. The van der Waals surface area contributed by atoms with Crippen LogP contribution in [0.4, 0.5) is 5.82 Å². The van der Waals surface area contributed by atoms with E-state index < -0.39 is 0 Å². The van der Waals surface area contributed by atoms with Gasteiger partial charge in [0.25, 0.3) is 5.91 Å². The molecule has 6 rings (SSSR count). The zero-order valence-electron chi connectivity index (χ0n) is 19.8. The van der Waals surface area contributed by atoms with E-state index in [1.165, 1.54) is 49.0 Å². The lowest BCUT2D eigenvalue weighted by Crippen LogP contribution is -2.61. The van der Waals surface area contributed by atoms with Gasteiger partial charge in [0.2, 0.25) is 0 Å². The normalized spacial score (nSPS) is 22.4. The number of carbonyl (C=O) groups is 1. The minimum atomic E-state index is -0.0945. The molecule has 4 aliphatic rings. The predicted octanol–water partition coefficient (Wildman–Crippen LogP) is 3.42. The summed E-state index contributed by atoms with van der Waals surface area (Å²) in [5, 5.41) is 0. The minimum Gasteiger partial charge on any atom is -0.375 e. The molecule has 2 aromatic rings. The molecule has 6 heteroatoms. The average Bonchev–Trinajstić information content (AvgIpc) is 2.93. The average molecular weight is 447 g/mol. The maximum atomic E-state index is 13.1. The summed E-state index contributed by atoms with van der Waals surface area (Å²) >= 11 is 0. The maximum Gasteiger partial charge on any atom is 0.256 e. The molecule has 0 unspecified atom stereocenters. The summed E-state index contributed by atoms with van der Waals surface area (Å²) in [6, 6.07) is 9.79. The third-order valence-corrected chi connectivity index (χ3v) is 8.29. The molecule has 1 saturated heterocycles. The van der Waals surface area contributed by atoms with Crippen LogP contribution in [0.2, 0.25) is 0 Å². The van der Waals surface area contributed by atoms with Crippen molar-refractivity contribution in [3.8, 4) is 0 Å². The van der Waals surface area contributed by atoms with Crippen LogP contribution in [0.3, 0.4) is 0 Å². The van der Waals surface area contributed by atoms with Crippen molar-refractivity contribution >= 4 is 11.7 Å². The van der Waals surface area contributed by atoms with E-state index in [0.29, 0.717) is 13.1 Å². The van der Waals surface area contributed by atoms with Crippen LogP contribution >= 0.6 is 0 Å². The Labute approximate surface area is 196 Å². The fourth-order valence-corrected chi connectivity index (χ4v) is 5.84. The first-order valence-corrected chi connectivity index (χ1v) is 12.4. The van der Waals surface area contributed by atoms with Crippen molar-refractivity contribution in [1.29, 1.82) is 0 Å². The Hall–Kier alpha value is -2.44. The molecule has 1 aromatic carbocycles. The highest BCUT2D eigenvalue weighted by atomic mass is 16.5. The zero-order chi connectivity index (χ0) is 22.6. The second-order valence-electron chi connectivity index (χ2n) is 10.6. The van der Waals surface area contributed by atoms with Crippen molar-refractivity contribution < 1.29 is 9.53 Å². The minimum absolute atomic E-state index is 0.0945. The number of benzene rings is 1. The third kappa shape index (κ3) is 3.83. The van der Waals surface area contributed by atoms with Gasteiger partial charge in [-0.05, 0) is 60.9 Å². The van der Waals surface area contributed by atoms with E-state index in [2.05, 4.69) is 46.0 Å². The van der Waals surface area contributed by atoms with E-state index in [1.807, 2.05) is 4.90 Å². The number of rotatable bonds is 5. The Bertz CT molecular complexity index is 1070. The fourth-order valence-electron chi connectivity index (χ4n) is 5.84. The quantitative estimate of drug-likeness (QED) is 0.705. The first-order chi connectivity index (χ1) is 16.0. The van der Waals surface area contributed by atoms with Gasteiger partial charge in [-0.3, -0.25) is 9.69 Å². The summed E-state index contributed by atoms with van der Waals surface area (Å²) in [5.41, 5.74) is 5.94. The maximum absolute atomic E-state index is 13.1. The van der Waals surface area contributed by atoms with E-state index in [1.54, 1.807) is 13.3 Å². The first-order valence-electron chi connectivity index (χ1n) is 12.4. The van der Waals surface area contributed by atoms with Crippen LogP contribution < -0.4 is 4.90 Å². The molecular weight excluding hydrogens is 412 g/mol. The molecule has 2 fully saturated rings. The SMILES string of the molecule is COC1(C)CN(c2cc3c(cn2)C(=O)N(Cc2ccc4c(c2)CCN(C2CCC2)CC4)C3)C1. The molecule has 1 aromatic heterocycles. The number of amides is 1. The number of fused-ring (bicyclic) bond motifs is 2. The van der Waals surface area contributed by atoms with Crippen LogP contribution in [0.1, 0.15) is 58.8 Å². The van der Waals surface area contributed by atoms with Gasteiger partial charge in [-0.15, -0.1) is 0 Å². The van der Waals surface area contributed by atoms with Crippen molar-refractivity contribution in [2.45, 2.75) is 63.8 Å². The summed E-state index contributed by atoms with van der Waals surface area (Å²) < 4.78 is 5.56. The van der Waals surface area contributed by atoms with Gasteiger partial charge in [0.05, 0.1) is 11.2 Å². The van der Waals surface area contributed by atoms with Crippen LogP contribution in [0.15, 0.2) is 30.5 Å². The number of pyridine rings is 1. The number of hydrogen-bond acceptors (Lipinski definition) is 5. The van der Waals surface area contributed by atoms with Crippen molar-refractivity contribution in [2.75, 3.05) is 38.2 Å². The summed E-state index contributed by atoms with van der Waals surface area (Å²) in [5.74, 6) is 1.04. The van der Waals surface area contributed by atoms with Gasteiger partial charge in [-0.2, -0.15) is 0 Å². The standard InChI is InChI=1S/C27H34N4O2/c1-27(33-2)17-31(18-27)25-13-22-16-30(26(32)24(22)14-28-25)15-19-6-7-20-8-10-29(23-4-3-5-23)11-9-21(20)12-19/h6-7,12-14,23H,3-5,8-11,15-18H2,1-2H3. The zero-order valence-corrected chi connectivity index (χ0v) is 19.8. The lowest BCUT2D eigenvalue weighted by atomic mass is 9.91. The number of hydrogen-bond donors (Lipinski definition) is 0. The first kappa shape index (κ1) is 21.1. The highest BCUT2D eigenvalue weighted by molar-refractivity contribution is 5.98. The number of nitrogens with zero attached hydrogens (tertiary/aromatic N) is 4. The van der Waals surface area contributed by atoms with Gasteiger partial charge in [0.1, 0.15) is 5.82 Å². The van der Waals surface area contributed by atoms with Crippen molar-refractivity contribution in [1.82, 2.24) is 14.8 Å². The summed E-state index contributed by atoms with van der Waals surface area (Å²) in [4.78, 5) is 24.5. The van der Waals surface area contributed by atoms with E-state index in [4.69, 9.17) is 4.74 Å².